The lowest BCUT2D eigenvalue weighted by molar-refractivity contribution is -0.142. The summed E-state index contributed by atoms with van der Waals surface area (Å²) in [5, 5.41) is 0. The van der Waals surface area contributed by atoms with Crippen LogP contribution in [0.4, 0.5) is 0 Å². The van der Waals surface area contributed by atoms with E-state index in [1.807, 2.05) is 18.2 Å². The van der Waals surface area contributed by atoms with E-state index in [1.54, 1.807) is 0 Å². The van der Waals surface area contributed by atoms with Crippen molar-refractivity contribution >= 4 is 5.97 Å². The Morgan fingerprint density at radius 1 is 1.13 bits per heavy atom. The van der Waals surface area contributed by atoms with Crippen molar-refractivity contribution in [2.75, 3.05) is 19.8 Å². The molecule has 1 aromatic carbocycles. The van der Waals surface area contributed by atoms with E-state index in [-0.39, 0.29) is 5.97 Å². The highest BCUT2D eigenvalue weighted by atomic mass is 16.6. The van der Waals surface area contributed by atoms with Crippen LogP contribution in [-0.4, -0.2) is 25.8 Å². The summed E-state index contributed by atoms with van der Waals surface area (Å²) in [5.74, 6) is -0.262. The summed E-state index contributed by atoms with van der Waals surface area (Å²) < 4.78 is 10.0. The highest BCUT2D eigenvalue weighted by Crippen LogP contribution is 1.99. The molecular weight excluding hydrogens is 192 g/mol. The van der Waals surface area contributed by atoms with Gasteiger partial charge in [0.2, 0.25) is 0 Å². The molecule has 0 fully saturated rings. The lowest BCUT2D eigenvalue weighted by Crippen LogP contribution is -2.09. The van der Waals surface area contributed by atoms with Gasteiger partial charge in [-0.05, 0) is 12.0 Å². The Morgan fingerprint density at radius 2 is 1.87 bits per heavy atom. The molecule has 0 N–H and O–H groups in total. The van der Waals surface area contributed by atoms with Gasteiger partial charge in [-0.25, -0.2) is 0 Å². The summed E-state index contributed by atoms with van der Waals surface area (Å²) in [7, 11) is 0. The van der Waals surface area contributed by atoms with E-state index in [4.69, 9.17) is 9.47 Å². The first-order valence-corrected chi connectivity index (χ1v) is 5.04. The van der Waals surface area contributed by atoms with Crippen LogP contribution in [0, 0.1) is 0 Å². The fraction of sp³-hybridized carbons (Fsp3) is 0.417. The van der Waals surface area contributed by atoms with Gasteiger partial charge in [0.15, 0.2) is 0 Å². The van der Waals surface area contributed by atoms with Crippen LogP contribution in [0.25, 0.3) is 0 Å². The van der Waals surface area contributed by atoms with Crippen molar-refractivity contribution in [3.63, 3.8) is 0 Å². The Kier molecular flexibility index (Phi) is 5.48. The second-order valence-corrected chi connectivity index (χ2v) is 3.19. The molecule has 0 aliphatic carbocycles. The first-order valence-electron chi connectivity index (χ1n) is 5.04. The first-order chi connectivity index (χ1) is 7.29. The largest absolute Gasteiger partial charge is 0.463 e. The molecule has 0 saturated heterocycles. The minimum atomic E-state index is -0.262. The van der Waals surface area contributed by atoms with E-state index < -0.39 is 0 Å². The van der Waals surface area contributed by atoms with Crippen molar-refractivity contribution in [2.24, 2.45) is 0 Å². The van der Waals surface area contributed by atoms with E-state index in [0.717, 1.165) is 6.42 Å². The second-order valence-electron chi connectivity index (χ2n) is 3.19. The van der Waals surface area contributed by atoms with Gasteiger partial charge in [-0.3, -0.25) is 4.79 Å². The number of hydrogen-bond acceptors (Lipinski definition) is 3. The Hall–Kier alpha value is -1.35. The Balaban J connectivity index is 2.00. The van der Waals surface area contributed by atoms with E-state index in [9.17, 15) is 4.79 Å². The van der Waals surface area contributed by atoms with Gasteiger partial charge >= 0.3 is 5.97 Å². The van der Waals surface area contributed by atoms with Gasteiger partial charge in [-0.15, -0.1) is 0 Å². The van der Waals surface area contributed by atoms with Crippen LogP contribution in [0.1, 0.15) is 12.5 Å². The van der Waals surface area contributed by atoms with Crippen LogP contribution in [0.15, 0.2) is 30.3 Å². The molecule has 0 bridgehead atoms. The lowest BCUT2D eigenvalue weighted by atomic mass is 10.2. The molecule has 15 heavy (non-hydrogen) atoms. The van der Waals surface area contributed by atoms with Gasteiger partial charge in [0.05, 0.1) is 13.2 Å². The molecule has 0 aliphatic heterocycles. The van der Waals surface area contributed by atoms with Crippen molar-refractivity contribution < 1.29 is 14.3 Å². The summed E-state index contributed by atoms with van der Waals surface area (Å²) in [6.45, 7) is 2.85. The highest BCUT2D eigenvalue weighted by Gasteiger charge is 1.94. The number of esters is 1. The van der Waals surface area contributed by atoms with Gasteiger partial charge < -0.3 is 9.47 Å². The SMILES string of the molecule is CC(=O)OCCOCCc1ccccc1. The molecule has 3 heteroatoms. The summed E-state index contributed by atoms with van der Waals surface area (Å²) in [6, 6.07) is 10.1. The van der Waals surface area contributed by atoms with Crippen LogP contribution < -0.4 is 0 Å². The van der Waals surface area contributed by atoms with Crippen molar-refractivity contribution in [1.82, 2.24) is 0 Å². The molecule has 1 rings (SSSR count). The Labute approximate surface area is 90.0 Å². The first kappa shape index (κ1) is 11.7. The molecule has 0 unspecified atom stereocenters. The van der Waals surface area contributed by atoms with E-state index in [0.29, 0.717) is 19.8 Å². The normalized spacial score (nSPS) is 9.93. The zero-order chi connectivity index (χ0) is 10.9. The fourth-order valence-electron chi connectivity index (χ4n) is 1.18. The van der Waals surface area contributed by atoms with Crippen LogP contribution >= 0.6 is 0 Å². The van der Waals surface area contributed by atoms with Crippen LogP contribution in [0.3, 0.4) is 0 Å². The lowest BCUT2D eigenvalue weighted by Gasteiger charge is -2.04. The number of rotatable bonds is 6. The van der Waals surface area contributed by atoms with E-state index >= 15 is 0 Å². The molecule has 0 amide bonds. The van der Waals surface area contributed by atoms with Gasteiger partial charge in [-0.2, -0.15) is 0 Å². The number of carbonyl (C=O) groups is 1. The maximum Gasteiger partial charge on any atom is 0.302 e. The zero-order valence-corrected chi connectivity index (χ0v) is 8.94. The molecule has 0 aliphatic rings. The number of carbonyl (C=O) groups excluding carboxylic acids is 1. The summed E-state index contributed by atoms with van der Waals surface area (Å²) in [5.41, 5.74) is 1.25. The smallest absolute Gasteiger partial charge is 0.302 e. The van der Waals surface area contributed by atoms with Crippen molar-refractivity contribution in [3.05, 3.63) is 35.9 Å². The van der Waals surface area contributed by atoms with Crippen molar-refractivity contribution in [1.29, 1.82) is 0 Å². The summed E-state index contributed by atoms with van der Waals surface area (Å²) in [4.78, 5) is 10.4. The minimum absolute atomic E-state index is 0.262. The van der Waals surface area contributed by atoms with Gasteiger partial charge in [0, 0.05) is 6.92 Å². The number of benzene rings is 1. The fourth-order valence-corrected chi connectivity index (χ4v) is 1.18. The molecule has 0 spiro atoms. The average Bonchev–Trinajstić information content (AvgIpc) is 2.24. The maximum absolute atomic E-state index is 10.4. The predicted molar refractivity (Wildman–Crippen MR) is 57.6 cm³/mol. The quantitative estimate of drug-likeness (QED) is 0.528. The molecule has 0 heterocycles. The topological polar surface area (TPSA) is 35.5 Å². The zero-order valence-electron chi connectivity index (χ0n) is 8.94. The molecule has 82 valence electrons. The highest BCUT2D eigenvalue weighted by molar-refractivity contribution is 5.65. The standard InChI is InChI=1S/C12H16O3/c1-11(13)15-10-9-14-8-7-12-5-3-2-4-6-12/h2-6H,7-10H2,1H3. The monoisotopic (exact) mass is 208 g/mol. The van der Waals surface area contributed by atoms with Crippen LogP contribution in [-0.2, 0) is 20.7 Å². The van der Waals surface area contributed by atoms with E-state index in [1.165, 1.54) is 12.5 Å². The van der Waals surface area contributed by atoms with Gasteiger partial charge in [0.25, 0.3) is 0 Å². The average molecular weight is 208 g/mol. The number of ether oxygens (including phenoxy) is 2. The molecule has 0 radical (unpaired) electrons. The third-order valence-corrected chi connectivity index (χ3v) is 1.91. The molecule has 0 aromatic heterocycles. The predicted octanol–water partition coefficient (Wildman–Crippen LogP) is 1.81. The summed E-state index contributed by atoms with van der Waals surface area (Å²) in [6.07, 6.45) is 0.890. The van der Waals surface area contributed by atoms with Crippen LogP contribution in [0.2, 0.25) is 0 Å². The van der Waals surface area contributed by atoms with Gasteiger partial charge in [0.1, 0.15) is 6.61 Å². The number of hydrogen-bond donors (Lipinski definition) is 0. The minimum Gasteiger partial charge on any atom is -0.463 e. The van der Waals surface area contributed by atoms with Crippen molar-refractivity contribution in [3.8, 4) is 0 Å². The second kappa shape index (κ2) is 7.01. The molecule has 0 saturated carbocycles. The molecule has 3 nitrogen and oxygen atoms in total. The van der Waals surface area contributed by atoms with E-state index in [2.05, 4.69) is 12.1 Å². The maximum atomic E-state index is 10.4. The molecular formula is C12H16O3. The third-order valence-electron chi connectivity index (χ3n) is 1.91. The van der Waals surface area contributed by atoms with Gasteiger partial charge in [-0.1, -0.05) is 30.3 Å². The molecule has 0 atom stereocenters. The summed E-state index contributed by atoms with van der Waals surface area (Å²) >= 11 is 0. The van der Waals surface area contributed by atoms with Crippen molar-refractivity contribution in [2.45, 2.75) is 13.3 Å². The Morgan fingerprint density at radius 3 is 2.53 bits per heavy atom. The third kappa shape index (κ3) is 5.86. The Bertz CT molecular complexity index is 282. The molecule has 1 aromatic rings. The van der Waals surface area contributed by atoms with Crippen LogP contribution in [0.5, 0.6) is 0 Å².